The Labute approximate surface area is 106 Å². The zero-order valence-electron chi connectivity index (χ0n) is 8.93. The van der Waals surface area contributed by atoms with Gasteiger partial charge in [0.1, 0.15) is 0 Å². The average Bonchev–Trinajstić information content (AvgIpc) is 2.63. The van der Waals surface area contributed by atoms with E-state index in [0.717, 1.165) is 23.3 Å². The van der Waals surface area contributed by atoms with Gasteiger partial charge in [-0.3, -0.25) is 0 Å². The van der Waals surface area contributed by atoms with Crippen LogP contribution in [0.2, 0.25) is 4.34 Å². The van der Waals surface area contributed by atoms with Crippen LogP contribution in [0.5, 0.6) is 0 Å². The highest BCUT2D eigenvalue weighted by Crippen LogP contribution is 2.20. The first-order valence-corrected chi connectivity index (χ1v) is 6.96. The lowest BCUT2D eigenvalue weighted by atomic mass is 10.1. The predicted octanol–water partition coefficient (Wildman–Crippen LogP) is 4.15. The fourth-order valence-electron chi connectivity index (χ4n) is 1.31. The third-order valence-corrected chi connectivity index (χ3v) is 4.00. The lowest BCUT2D eigenvalue weighted by Gasteiger charge is -2.07. The van der Waals surface area contributed by atoms with Crippen molar-refractivity contribution in [1.29, 1.82) is 0 Å². The Morgan fingerprint density at radius 3 is 2.87 bits per heavy atom. The largest absolute Gasteiger partial charge is 0.312 e. The molecule has 0 aliphatic rings. The highest BCUT2D eigenvalue weighted by atomic mass is 35.5. The molecular weight excluding hydrogens is 249 g/mol. The standard InChI is InChI=1S/C11H17Cl2NS/c1-9(7-12)3-2-6-14-8-10-4-5-11(13)15-10/h4-5,9,14H,2-3,6-8H2,1H3. The maximum atomic E-state index is 5.84. The molecule has 0 fully saturated rings. The minimum atomic E-state index is 0.629. The van der Waals surface area contributed by atoms with Gasteiger partial charge in [-0.25, -0.2) is 0 Å². The van der Waals surface area contributed by atoms with E-state index in [1.54, 1.807) is 11.3 Å². The van der Waals surface area contributed by atoms with Gasteiger partial charge in [0.05, 0.1) is 4.34 Å². The monoisotopic (exact) mass is 265 g/mol. The van der Waals surface area contributed by atoms with Gasteiger partial charge >= 0.3 is 0 Å². The number of hydrogen-bond acceptors (Lipinski definition) is 2. The number of nitrogens with one attached hydrogen (secondary N) is 1. The smallest absolute Gasteiger partial charge is 0.0931 e. The van der Waals surface area contributed by atoms with Crippen LogP contribution in [0.25, 0.3) is 0 Å². The van der Waals surface area contributed by atoms with Gasteiger partial charge in [-0.05, 0) is 37.4 Å². The summed E-state index contributed by atoms with van der Waals surface area (Å²) in [5, 5.41) is 3.40. The maximum absolute atomic E-state index is 5.84. The minimum absolute atomic E-state index is 0.629. The number of halogens is 2. The Bertz CT molecular complexity index is 275. The van der Waals surface area contributed by atoms with E-state index in [9.17, 15) is 0 Å². The van der Waals surface area contributed by atoms with E-state index in [1.165, 1.54) is 17.7 Å². The Morgan fingerprint density at radius 1 is 1.47 bits per heavy atom. The SMILES string of the molecule is CC(CCl)CCCNCc1ccc(Cl)s1. The Kier molecular flexibility index (Phi) is 6.66. The highest BCUT2D eigenvalue weighted by molar-refractivity contribution is 7.16. The Hall–Kier alpha value is 0.240. The highest BCUT2D eigenvalue weighted by Gasteiger charge is 2.00. The summed E-state index contributed by atoms with van der Waals surface area (Å²) >= 11 is 13.2. The van der Waals surface area contributed by atoms with E-state index in [2.05, 4.69) is 18.3 Å². The van der Waals surface area contributed by atoms with Gasteiger partial charge in [-0.15, -0.1) is 22.9 Å². The van der Waals surface area contributed by atoms with E-state index < -0.39 is 0 Å². The topological polar surface area (TPSA) is 12.0 Å². The second kappa shape index (κ2) is 7.50. The molecule has 1 unspecified atom stereocenters. The summed E-state index contributed by atoms with van der Waals surface area (Å²) in [7, 11) is 0. The second-order valence-electron chi connectivity index (χ2n) is 3.78. The minimum Gasteiger partial charge on any atom is -0.312 e. The zero-order chi connectivity index (χ0) is 11.1. The van der Waals surface area contributed by atoms with Crippen LogP contribution in [0, 0.1) is 5.92 Å². The second-order valence-corrected chi connectivity index (χ2v) is 5.89. The van der Waals surface area contributed by atoms with Crippen LogP contribution < -0.4 is 5.32 Å². The fourth-order valence-corrected chi connectivity index (χ4v) is 2.52. The molecule has 0 saturated carbocycles. The molecule has 0 aromatic carbocycles. The molecule has 1 aromatic heterocycles. The Morgan fingerprint density at radius 2 is 2.27 bits per heavy atom. The van der Waals surface area contributed by atoms with Gasteiger partial charge in [-0.1, -0.05) is 18.5 Å². The molecule has 0 saturated heterocycles. The van der Waals surface area contributed by atoms with E-state index in [4.69, 9.17) is 23.2 Å². The molecular formula is C11H17Cl2NS. The maximum Gasteiger partial charge on any atom is 0.0931 e. The summed E-state index contributed by atoms with van der Waals surface area (Å²) in [6.45, 7) is 4.16. The summed E-state index contributed by atoms with van der Waals surface area (Å²) in [5.41, 5.74) is 0. The van der Waals surface area contributed by atoms with Crippen molar-refractivity contribution < 1.29 is 0 Å². The van der Waals surface area contributed by atoms with Crippen molar-refractivity contribution in [3.63, 3.8) is 0 Å². The average molecular weight is 266 g/mol. The van der Waals surface area contributed by atoms with Crippen molar-refractivity contribution in [2.24, 2.45) is 5.92 Å². The van der Waals surface area contributed by atoms with Crippen LogP contribution in [0.1, 0.15) is 24.6 Å². The number of hydrogen-bond donors (Lipinski definition) is 1. The van der Waals surface area contributed by atoms with Gasteiger partial charge < -0.3 is 5.32 Å². The van der Waals surface area contributed by atoms with Crippen molar-refractivity contribution in [2.45, 2.75) is 26.3 Å². The Balaban J connectivity index is 2.02. The van der Waals surface area contributed by atoms with Gasteiger partial charge in [0.2, 0.25) is 0 Å². The molecule has 15 heavy (non-hydrogen) atoms. The van der Waals surface area contributed by atoms with Crippen LogP contribution in [0.4, 0.5) is 0 Å². The normalized spacial score (nSPS) is 13.0. The van der Waals surface area contributed by atoms with E-state index >= 15 is 0 Å². The van der Waals surface area contributed by atoms with Crippen molar-refractivity contribution in [1.82, 2.24) is 5.32 Å². The first kappa shape index (κ1) is 13.3. The predicted molar refractivity (Wildman–Crippen MR) is 70.2 cm³/mol. The van der Waals surface area contributed by atoms with Crippen LogP contribution in [-0.2, 0) is 6.54 Å². The molecule has 86 valence electrons. The molecule has 1 rings (SSSR count). The summed E-state index contributed by atoms with van der Waals surface area (Å²) in [6, 6.07) is 4.01. The third-order valence-electron chi connectivity index (χ3n) is 2.24. The molecule has 1 aromatic rings. The van der Waals surface area contributed by atoms with E-state index in [0.29, 0.717) is 5.92 Å². The molecule has 0 amide bonds. The molecule has 0 radical (unpaired) electrons. The lowest BCUT2D eigenvalue weighted by molar-refractivity contribution is 0.532. The van der Waals surface area contributed by atoms with E-state index in [-0.39, 0.29) is 0 Å². The van der Waals surface area contributed by atoms with Gasteiger partial charge in [0.25, 0.3) is 0 Å². The van der Waals surface area contributed by atoms with Crippen molar-refractivity contribution in [3.8, 4) is 0 Å². The van der Waals surface area contributed by atoms with Crippen molar-refractivity contribution in [2.75, 3.05) is 12.4 Å². The molecule has 1 atom stereocenters. The third kappa shape index (κ3) is 5.76. The van der Waals surface area contributed by atoms with E-state index in [1.807, 2.05) is 6.07 Å². The van der Waals surface area contributed by atoms with Crippen molar-refractivity contribution >= 4 is 34.5 Å². The van der Waals surface area contributed by atoms with Crippen LogP contribution >= 0.6 is 34.5 Å². The number of rotatable bonds is 7. The molecule has 0 spiro atoms. The summed E-state index contributed by atoms with van der Waals surface area (Å²) in [6.07, 6.45) is 2.38. The lowest BCUT2D eigenvalue weighted by Crippen LogP contribution is -2.14. The number of thiophene rings is 1. The fraction of sp³-hybridized carbons (Fsp3) is 0.636. The summed E-state index contributed by atoms with van der Waals surface area (Å²) in [5.74, 6) is 1.39. The van der Waals surface area contributed by atoms with Crippen LogP contribution in [-0.4, -0.2) is 12.4 Å². The molecule has 1 nitrogen and oxygen atoms in total. The van der Waals surface area contributed by atoms with Gasteiger partial charge in [0.15, 0.2) is 0 Å². The van der Waals surface area contributed by atoms with Crippen LogP contribution in [0.15, 0.2) is 12.1 Å². The van der Waals surface area contributed by atoms with Crippen molar-refractivity contribution in [3.05, 3.63) is 21.3 Å². The summed E-state index contributed by atoms with van der Waals surface area (Å²) in [4.78, 5) is 1.30. The zero-order valence-corrected chi connectivity index (χ0v) is 11.3. The first-order chi connectivity index (χ1) is 7.22. The molecule has 0 bridgehead atoms. The molecule has 1 heterocycles. The first-order valence-electron chi connectivity index (χ1n) is 5.23. The quantitative estimate of drug-likeness (QED) is 0.577. The summed E-state index contributed by atoms with van der Waals surface area (Å²) < 4.78 is 0.863. The molecule has 0 aliphatic heterocycles. The molecule has 4 heteroatoms. The number of alkyl halides is 1. The van der Waals surface area contributed by atoms with Gasteiger partial charge in [-0.2, -0.15) is 0 Å². The molecule has 1 N–H and O–H groups in total. The van der Waals surface area contributed by atoms with Crippen LogP contribution in [0.3, 0.4) is 0 Å². The molecule has 0 aliphatic carbocycles. The van der Waals surface area contributed by atoms with Gasteiger partial charge in [0, 0.05) is 17.3 Å².